The Labute approximate surface area is 70.8 Å². The summed E-state index contributed by atoms with van der Waals surface area (Å²) in [6.45, 7) is 0. The van der Waals surface area contributed by atoms with E-state index in [1.165, 1.54) is 0 Å². The van der Waals surface area contributed by atoms with Gasteiger partial charge in [0.1, 0.15) is 5.82 Å². The fourth-order valence-corrected chi connectivity index (χ4v) is 1.00. The lowest BCUT2D eigenvalue weighted by Crippen LogP contribution is -2.22. The summed E-state index contributed by atoms with van der Waals surface area (Å²) in [4.78, 5) is 10.2. The van der Waals surface area contributed by atoms with Gasteiger partial charge in [-0.2, -0.15) is 0 Å². The van der Waals surface area contributed by atoms with Crippen LogP contribution in [0.1, 0.15) is 10.4 Å². The summed E-state index contributed by atoms with van der Waals surface area (Å²) in [5, 5.41) is 10.2. The molecule has 0 unspecified atom stereocenters. The average molecular weight is 218 g/mol. The number of carboxylic acid groups (broad SMARTS) is 1. The molecule has 0 N–H and O–H groups in total. The summed E-state index contributed by atoms with van der Waals surface area (Å²) in [5.74, 6) is -1.80. The molecule has 0 spiro atoms. The van der Waals surface area contributed by atoms with Gasteiger partial charge in [-0.25, -0.2) is 4.39 Å². The lowest BCUT2D eigenvalue weighted by Gasteiger charge is -2.01. The molecule has 0 saturated heterocycles. The minimum absolute atomic E-state index is 0.0433. The number of aromatic carboxylic acids is 1. The molecule has 0 fully saturated rings. The number of hydrogen-bond donors (Lipinski definition) is 0. The van der Waals surface area contributed by atoms with E-state index in [0.29, 0.717) is 0 Å². The quantitative estimate of drug-likeness (QED) is 0.703. The highest BCUT2D eigenvalue weighted by molar-refractivity contribution is 9.10. The van der Waals surface area contributed by atoms with Crippen molar-refractivity contribution in [2.75, 3.05) is 0 Å². The van der Waals surface area contributed by atoms with E-state index in [-0.39, 0.29) is 10.0 Å². The van der Waals surface area contributed by atoms with Crippen LogP contribution in [0.2, 0.25) is 0 Å². The highest BCUT2D eigenvalue weighted by atomic mass is 79.9. The van der Waals surface area contributed by atoms with Crippen molar-refractivity contribution in [2.45, 2.75) is 0 Å². The minimum Gasteiger partial charge on any atom is -0.545 e. The first-order valence-corrected chi connectivity index (χ1v) is 3.57. The van der Waals surface area contributed by atoms with Crippen molar-refractivity contribution in [1.29, 1.82) is 0 Å². The summed E-state index contributed by atoms with van der Waals surface area (Å²) >= 11 is 2.85. The summed E-state index contributed by atoms with van der Waals surface area (Å²) in [6, 6.07) is 3.37. The monoisotopic (exact) mass is 217 g/mol. The molecule has 2 nitrogen and oxygen atoms in total. The van der Waals surface area contributed by atoms with E-state index in [2.05, 4.69) is 15.9 Å². The summed E-state index contributed by atoms with van der Waals surface area (Å²) in [7, 11) is 0. The van der Waals surface area contributed by atoms with Crippen molar-refractivity contribution in [1.82, 2.24) is 0 Å². The minimum atomic E-state index is -1.31. The molecular formula is C7H3BrFO2-. The van der Waals surface area contributed by atoms with Crippen LogP contribution in [0.4, 0.5) is 4.39 Å². The van der Waals surface area contributed by atoms with Gasteiger partial charge >= 0.3 is 0 Å². The molecule has 0 aliphatic carbocycles. The summed E-state index contributed by atoms with van der Waals surface area (Å²) in [6.07, 6.45) is 0. The average Bonchev–Trinajstić information content (AvgIpc) is 1.94. The second-order valence-corrected chi connectivity index (χ2v) is 2.77. The Morgan fingerprint density at radius 1 is 1.55 bits per heavy atom. The van der Waals surface area contributed by atoms with Crippen LogP contribution in [0.15, 0.2) is 22.7 Å². The summed E-state index contributed by atoms with van der Waals surface area (Å²) in [5.41, 5.74) is -0.0433. The molecule has 0 radical (unpaired) electrons. The van der Waals surface area contributed by atoms with Gasteiger partial charge in [-0.3, -0.25) is 0 Å². The van der Waals surface area contributed by atoms with Crippen molar-refractivity contribution in [3.63, 3.8) is 0 Å². The molecule has 0 aliphatic rings. The van der Waals surface area contributed by atoms with E-state index in [1.54, 1.807) is 0 Å². The van der Waals surface area contributed by atoms with Gasteiger partial charge < -0.3 is 9.90 Å². The zero-order valence-corrected chi connectivity index (χ0v) is 6.89. The first kappa shape index (κ1) is 8.20. The molecule has 0 aromatic heterocycles. The molecule has 0 heterocycles. The first-order chi connectivity index (χ1) is 5.11. The zero-order chi connectivity index (χ0) is 8.43. The molecule has 0 atom stereocenters. The normalized spacial score (nSPS) is 9.64. The lowest BCUT2D eigenvalue weighted by molar-refractivity contribution is -0.255. The maximum absolute atomic E-state index is 12.5. The van der Waals surface area contributed by atoms with E-state index in [9.17, 15) is 14.3 Å². The van der Waals surface area contributed by atoms with Gasteiger partial charge in [-0.1, -0.05) is 6.07 Å². The van der Waals surface area contributed by atoms with Gasteiger partial charge in [-0.15, -0.1) is 0 Å². The zero-order valence-electron chi connectivity index (χ0n) is 5.30. The number of carbonyl (C=O) groups excluding carboxylic acids is 1. The van der Waals surface area contributed by atoms with Crippen LogP contribution in [-0.2, 0) is 0 Å². The van der Waals surface area contributed by atoms with Crippen LogP contribution >= 0.6 is 15.9 Å². The predicted octanol–water partition coefficient (Wildman–Crippen LogP) is 0.952. The molecule has 0 bridgehead atoms. The SMILES string of the molecule is O=C([O-])c1ccc(F)c(Br)c1. The van der Waals surface area contributed by atoms with Gasteiger partial charge in [0.15, 0.2) is 0 Å². The molecule has 4 heteroatoms. The third-order valence-electron chi connectivity index (χ3n) is 1.16. The molecule has 0 saturated carbocycles. The molecular weight excluding hydrogens is 215 g/mol. The Bertz CT molecular complexity index is 298. The van der Waals surface area contributed by atoms with Crippen molar-refractivity contribution >= 4 is 21.9 Å². The Morgan fingerprint density at radius 3 is 2.64 bits per heavy atom. The largest absolute Gasteiger partial charge is 0.545 e. The fraction of sp³-hybridized carbons (Fsp3) is 0. The smallest absolute Gasteiger partial charge is 0.137 e. The fourth-order valence-electron chi connectivity index (χ4n) is 0.623. The van der Waals surface area contributed by atoms with Crippen LogP contribution in [0.5, 0.6) is 0 Å². The Morgan fingerprint density at radius 2 is 2.18 bits per heavy atom. The van der Waals surface area contributed by atoms with E-state index in [1.807, 2.05) is 0 Å². The second-order valence-electron chi connectivity index (χ2n) is 1.92. The van der Waals surface area contributed by atoms with Gasteiger partial charge in [0.2, 0.25) is 0 Å². The van der Waals surface area contributed by atoms with Crippen LogP contribution in [-0.4, -0.2) is 5.97 Å². The number of halogens is 2. The maximum atomic E-state index is 12.5. The van der Waals surface area contributed by atoms with E-state index >= 15 is 0 Å². The Kier molecular flexibility index (Phi) is 2.24. The first-order valence-electron chi connectivity index (χ1n) is 2.77. The topological polar surface area (TPSA) is 40.1 Å². The number of carboxylic acids is 1. The van der Waals surface area contributed by atoms with Crippen molar-refractivity contribution in [3.8, 4) is 0 Å². The molecule has 11 heavy (non-hydrogen) atoms. The van der Waals surface area contributed by atoms with Crippen LogP contribution in [0.25, 0.3) is 0 Å². The third-order valence-corrected chi connectivity index (χ3v) is 1.76. The van der Waals surface area contributed by atoms with Crippen molar-refractivity contribution in [2.24, 2.45) is 0 Å². The highest BCUT2D eigenvalue weighted by Gasteiger charge is 1.99. The number of benzene rings is 1. The van der Waals surface area contributed by atoms with Crippen molar-refractivity contribution in [3.05, 3.63) is 34.1 Å². The molecule has 0 aliphatic heterocycles. The van der Waals surface area contributed by atoms with Crippen molar-refractivity contribution < 1.29 is 14.3 Å². The molecule has 1 aromatic carbocycles. The molecule has 1 rings (SSSR count). The molecule has 0 amide bonds. The lowest BCUT2D eigenvalue weighted by atomic mass is 10.2. The number of carbonyl (C=O) groups is 1. The molecule has 1 aromatic rings. The standard InChI is InChI=1S/C7H4BrFO2/c8-5-3-4(7(10)11)1-2-6(5)9/h1-3H,(H,10,11)/p-1. The van der Waals surface area contributed by atoms with E-state index in [4.69, 9.17) is 0 Å². The number of hydrogen-bond acceptors (Lipinski definition) is 2. The summed E-state index contributed by atoms with van der Waals surface area (Å²) < 4.78 is 12.6. The highest BCUT2D eigenvalue weighted by Crippen LogP contribution is 2.16. The Balaban J connectivity index is 3.15. The van der Waals surface area contributed by atoms with Gasteiger partial charge in [0.05, 0.1) is 10.4 Å². The van der Waals surface area contributed by atoms with E-state index < -0.39 is 11.8 Å². The predicted molar refractivity (Wildman–Crippen MR) is 38.4 cm³/mol. The van der Waals surface area contributed by atoms with Gasteiger partial charge in [-0.05, 0) is 33.6 Å². The van der Waals surface area contributed by atoms with Gasteiger partial charge in [0.25, 0.3) is 0 Å². The second kappa shape index (κ2) is 3.00. The van der Waals surface area contributed by atoms with Gasteiger partial charge in [0, 0.05) is 0 Å². The van der Waals surface area contributed by atoms with Crippen LogP contribution in [0.3, 0.4) is 0 Å². The third kappa shape index (κ3) is 1.77. The Hall–Kier alpha value is -0.900. The number of rotatable bonds is 1. The maximum Gasteiger partial charge on any atom is 0.137 e. The molecule has 58 valence electrons. The van der Waals surface area contributed by atoms with Crippen LogP contribution in [0, 0.1) is 5.82 Å². The van der Waals surface area contributed by atoms with Crippen LogP contribution < -0.4 is 5.11 Å². The van der Waals surface area contributed by atoms with E-state index in [0.717, 1.165) is 18.2 Å².